The molecule has 0 aromatic heterocycles. The molecule has 3 fully saturated rings. The molecule has 0 N–H and O–H groups in total. The van der Waals surface area contributed by atoms with Crippen LogP contribution in [-0.2, 0) is 0 Å². The van der Waals surface area contributed by atoms with Gasteiger partial charge in [-0.25, -0.2) is 0 Å². The normalized spacial score (nSPS) is 38.5. The van der Waals surface area contributed by atoms with Crippen LogP contribution in [0.25, 0.3) is 0 Å². The van der Waals surface area contributed by atoms with Gasteiger partial charge in [-0.2, -0.15) is 0 Å². The molecule has 0 spiro atoms. The van der Waals surface area contributed by atoms with Gasteiger partial charge >= 0.3 is 0 Å². The molecule has 3 aliphatic carbocycles. The molecule has 84 valence electrons. The topological polar surface area (TPSA) is 0 Å². The maximum Gasteiger partial charge on any atom is -0.0146 e. The van der Waals surface area contributed by atoms with Crippen LogP contribution in [0.2, 0.25) is 0 Å². The van der Waals surface area contributed by atoms with Gasteiger partial charge in [0.25, 0.3) is 0 Å². The summed E-state index contributed by atoms with van der Waals surface area (Å²) in [4.78, 5) is 0. The third kappa shape index (κ3) is 1.79. The van der Waals surface area contributed by atoms with Crippen LogP contribution < -0.4 is 0 Å². The Kier molecular flexibility index (Phi) is 2.79. The van der Waals surface area contributed by atoms with E-state index in [1.54, 1.807) is 0 Å². The van der Waals surface area contributed by atoms with E-state index in [4.69, 9.17) is 0 Å². The summed E-state index contributed by atoms with van der Waals surface area (Å²) in [6.45, 7) is 11.1. The fourth-order valence-electron chi connectivity index (χ4n) is 3.61. The first-order valence-corrected chi connectivity index (χ1v) is 6.35. The van der Waals surface area contributed by atoms with Gasteiger partial charge in [-0.1, -0.05) is 30.7 Å². The lowest BCUT2D eigenvalue weighted by Gasteiger charge is -2.59. The molecule has 0 radical (unpaired) electrons. The minimum Gasteiger partial charge on any atom is -0.0996 e. The second-order valence-electron chi connectivity index (χ2n) is 6.01. The van der Waals surface area contributed by atoms with Crippen LogP contribution in [0.15, 0.2) is 23.8 Å². The molecule has 2 bridgehead atoms. The summed E-state index contributed by atoms with van der Waals surface area (Å²) in [6.07, 6.45) is 9.16. The van der Waals surface area contributed by atoms with Crippen molar-refractivity contribution in [3.05, 3.63) is 23.8 Å². The van der Waals surface area contributed by atoms with Crippen molar-refractivity contribution < 1.29 is 0 Å². The largest absolute Gasteiger partial charge is 0.0996 e. The number of hydrogen-bond acceptors (Lipinski definition) is 0. The minimum absolute atomic E-state index is 0.598. The fraction of sp³-hybridized carbons (Fsp3) is 0.733. The monoisotopic (exact) mass is 204 g/mol. The van der Waals surface area contributed by atoms with E-state index >= 15 is 0 Å². The van der Waals surface area contributed by atoms with Crippen molar-refractivity contribution in [1.29, 1.82) is 0 Å². The van der Waals surface area contributed by atoms with E-state index < -0.39 is 0 Å². The molecule has 3 atom stereocenters. The van der Waals surface area contributed by atoms with Crippen molar-refractivity contribution in [3.63, 3.8) is 0 Å². The Balaban J connectivity index is 1.96. The molecule has 0 heteroatoms. The van der Waals surface area contributed by atoms with Crippen LogP contribution in [0.3, 0.4) is 0 Å². The highest BCUT2D eigenvalue weighted by Gasteiger charge is 2.53. The average Bonchev–Trinajstić information content (AvgIpc) is 2.16. The lowest BCUT2D eigenvalue weighted by atomic mass is 9.45. The Morgan fingerprint density at radius 3 is 2.80 bits per heavy atom. The van der Waals surface area contributed by atoms with Crippen LogP contribution in [0, 0.1) is 17.3 Å². The second-order valence-corrected chi connectivity index (χ2v) is 6.01. The highest BCUT2D eigenvalue weighted by Crippen LogP contribution is 2.63. The van der Waals surface area contributed by atoms with E-state index in [0.717, 1.165) is 11.8 Å². The van der Waals surface area contributed by atoms with E-state index in [1.165, 1.54) is 43.3 Å². The van der Waals surface area contributed by atoms with E-state index in [2.05, 4.69) is 33.4 Å². The van der Waals surface area contributed by atoms with Gasteiger partial charge in [0.2, 0.25) is 0 Å². The lowest BCUT2D eigenvalue weighted by Crippen LogP contribution is -2.50. The van der Waals surface area contributed by atoms with Crippen molar-refractivity contribution in [3.8, 4) is 0 Å². The molecule has 0 heterocycles. The molecule has 3 aliphatic rings. The zero-order chi connectivity index (χ0) is 11.1. The predicted molar refractivity (Wildman–Crippen MR) is 66.7 cm³/mol. The van der Waals surface area contributed by atoms with Crippen molar-refractivity contribution in [2.45, 2.75) is 52.9 Å². The van der Waals surface area contributed by atoms with Gasteiger partial charge in [-0.15, -0.1) is 0 Å². The first-order valence-electron chi connectivity index (χ1n) is 6.35. The quantitative estimate of drug-likeness (QED) is 0.583. The third-order valence-corrected chi connectivity index (χ3v) is 4.79. The summed E-state index contributed by atoms with van der Waals surface area (Å²) in [7, 11) is 0. The molecule has 0 aliphatic heterocycles. The van der Waals surface area contributed by atoms with Gasteiger partial charge in [0.15, 0.2) is 0 Å². The molecular weight excluding hydrogens is 180 g/mol. The first-order chi connectivity index (χ1) is 7.04. The van der Waals surface area contributed by atoms with Crippen molar-refractivity contribution in [2.75, 3.05) is 0 Å². The van der Waals surface area contributed by atoms with Crippen LogP contribution in [0.4, 0.5) is 0 Å². The van der Waals surface area contributed by atoms with E-state index in [9.17, 15) is 0 Å². The molecule has 0 saturated heterocycles. The highest BCUT2D eigenvalue weighted by molar-refractivity contribution is 5.20. The number of rotatable bonds is 3. The molecular formula is C15H24. The van der Waals surface area contributed by atoms with Crippen LogP contribution in [0.1, 0.15) is 52.9 Å². The predicted octanol–water partition coefficient (Wildman–Crippen LogP) is 4.73. The Hall–Kier alpha value is -0.520. The van der Waals surface area contributed by atoms with Gasteiger partial charge in [0.1, 0.15) is 0 Å². The van der Waals surface area contributed by atoms with Gasteiger partial charge < -0.3 is 0 Å². The maximum absolute atomic E-state index is 4.26. The van der Waals surface area contributed by atoms with Gasteiger partial charge in [-0.05, 0) is 63.2 Å². The molecule has 0 aromatic carbocycles. The highest BCUT2D eigenvalue weighted by atomic mass is 14.6. The molecule has 0 nitrogen and oxygen atoms in total. The zero-order valence-electron chi connectivity index (χ0n) is 10.5. The van der Waals surface area contributed by atoms with E-state index in [-0.39, 0.29) is 0 Å². The van der Waals surface area contributed by atoms with Gasteiger partial charge in [0, 0.05) is 0 Å². The number of allylic oxidation sites excluding steroid dienone is 3. The molecule has 3 saturated carbocycles. The van der Waals surface area contributed by atoms with Crippen LogP contribution in [-0.4, -0.2) is 0 Å². The molecule has 3 rings (SSSR count). The first kappa shape index (κ1) is 11.0. The Morgan fingerprint density at radius 2 is 2.27 bits per heavy atom. The fourth-order valence-corrected chi connectivity index (χ4v) is 3.61. The van der Waals surface area contributed by atoms with Crippen molar-refractivity contribution in [1.82, 2.24) is 0 Å². The molecule has 1 unspecified atom stereocenters. The van der Waals surface area contributed by atoms with Crippen LogP contribution in [0.5, 0.6) is 0 Å². The van der Waals surface area contributed by atoms with E-state index in [1.807, 2.05) is 0 Å². The Labute approximate surface area is 94.5 Å². The molecule has 0 aromatic rings. The lowest BCUT2D eigenvalue weighted by molar-refractivity contribution is -0.0507. The second kappa shape index (κ2) is 3.81. The van der Waals surface area contributed by atoms with Gasteiger partial charge in [-0.3, -0.25) is 0 Å². The smallest absolute Gasteiger partial charge is 0.0146 e. The molecule has 0 amide bonds. The van der Waals surface area contributed by atoms with Gasteiger partial charge in [0.05, 0.1) is 0 Å². The summed E-state index contributed by atoms with van der Waals surface area (Å²) in [5.74, 6) is 1.85. The molecule has 15 heavy (non-hydrogen) atoms. The summed E-state index contributed by atoms with van der Waals surface area (Å²) < 4.78 is 0. The summed E-state index contributed by atoms with van der Waals surface area (Å²) in [6, 6.07) is 0. The minimum atomic E-state index is 0.598. The summed E-state index contributed by atoms with van der Waals surface area (Å²) in [5, 5.41) is 0. The standard InChI is InChI=1S/C15H24/c1-11(2)6-5-9-15(4)13-8-7-12(3)14(15)10-13/h6,13-14H,3,5,7-10H2,1-2,4H3/t13-,14-,15?/m0/s1. The van der Waals surface area contributed by atoms with Crippen LogP contribution >= 0.6 is 0 Å². The summed E-state index contributed by atoms with van der Waals surface area (Å²) in [5.41, 5.74) is 3.60. The SMILES string of the molecule is C=C1CC[C@H]2C[C@@H]1C2(C)CCC=C(C)C. The van der Waals surface area contributed by atoms with E-state index in [0.29, 0.717) is 5.41 Å². The average molecular weight is 204 g/mol. The Bertz CT molecular complexity index is 291. The number of hydrogen-bond donors (Lipinski definition) is 0. The third-order valence-electron chi connectivity index (χ3n) is 4.79. The van der Waals surface area contributed by atoms with Crippen molar-refractivity contribution >= 4 is 0 Å². The maximum atomic E-state index is 4.26. The summed E-state index contributed by atoms with van der Waals surface area (Å²) >= 11 is 0. The Morgan fingerprint density at radius 1 is 1.53 bits per heavy atom. The number of fused-ring (bicyclic) bond motifs is 2. The van der Waals surface area contributed by atoms with Crippen molar-refractivity contribution in [2.24, 2.45) is 17.3 Å². The zero-order valence-corrected chi connectivity index (χ0v) is 10.5.